The maximum Gasteiger partial charge on any atom is 0.187 e. The van der Waals surface area contributed by atoms with E-state index < -0.39 is 351 Å². The summed E-state index contributed by atoms with van der Waals surface area (Å²) in [4.78, 5) is 0. The second-order valence-corrected chi connectivity index (χ2v) is 33.2. The lowest BCUT2D eigenvalue weighted by molar-refractivity contribution is -0.323. The molecule has 12 rings (SSSR count). The van der Waals surface area contributed by atoms with Crippen LogP contribution in [0, 0.1) is 0 Å². The minimum absolute atomic E-state index is 0.0168. The lowest BCUT2D eigenvalue weighted by Crippen LogP contribution is -2.67. The molecule has 124 heavy (non-hydrogen) atoms. The van der Waals surface area contributed by atoms with E-state index in [1.54, 1.807) is 0 Å². The van der Waals surface area contributed by atoms with Crippen LogP contribution in [0.15, 0.2) is 0 Å². The summed E-state index contributed by atoms with van der Waals surface area (Å²) in [7, 11) is 0. The number of aliphatic hydroxyl groups excluding tert-OH is 19. The molecule has 0 amide bonds. The number of nitrogens with two attached hydrogens (primary N) is 16. The molecule has 0 spiro atoms. The summed E-state index contributed by atoms with van der Waals surface area (Å²) in [5.41, 5.74) is 94.4. The average Bonchev–Trinajstić information content (AvgIpc) is 1.55. The molecule has 55 atom stereocenters. The molecule has 3 aliphatic carbocycles. The molecule has 51 N–H and O–H groups in total. The van der Waals surface area contributed by atoms with Crippen molar-refractivity contribution in [3.63, 3.8) is 0 Å². The van der Waals surface area contributed by atoms with Gasteiger partial charge in [-0.3, -0.25) is 0 Å². The fraction of sp³-hybridized carbons (Fsp3) is 1.00. The normalized spacial score (nSPS) is 53.2. The van der Waals surface area contributed by atoms with Crippen LogP contribution >= 0.6 is 0 Å². The second-order valence-electron chi connectivity index (χ2n) is 33.2. The highest BCUT2D eigenvalue weighted by Gasteiger charge is 2.60. The summed E-state index contributed by atoms with van der Waals surface area (Å²) >= 11 is 0. The van der Waals surface area contributed by atoms with E-state index in [0.29, 0.717) is 12.8 Å². The number of aliphatic hydroxyl groups is 19. The third-order valence-electron chi connectivity index (χ3n) is 24.6. The number of ether oxygens (including phenoxy) is 18. The molecule has 12 aliphatic rings. The first-order valence-electron chi connectivity index (χ1n) is 41.2. The Hall–Kier alpha value is -2.26. The van der Waals surface area contributed by atoms with Crippen molar-refractivity contribution in [3.05, 3.63) is 0 Å². The Labute approximate surface area is 708 Å². The van der Waals surface area contributed by atoms with Gasteiger partial charge in [0.15, 0.2) is 62.8 Å². The van der Waals surface area contributed by atoms with Gasteiger partial charge in [0.05, 0.1) is 68.4 Å². The molecule has 0 aromatic heterocycles. The number of halogens is 2. The number of hydrogen-bond donors (Lipinski definition) is 35. The number of rotatable bonds is 27. The van der Waals surface area contributed by atoms with E-state index in [2.05, 4.69) is 0 Å². The van der Waals surface area contributed by atoms with Crippen LogP contribution in [0.25, 0.3) is 0 Å². The van der Waals surface area contributed by atoms with Gasteiger partial charge in [-0.25, -0.2) is 8.78 Å². The van der Waals surface area contributed by atoms with Gasteiger partial charge < -0.3 is 274 Å². The van der Waals surface area contributed by atoms with Crippen molar-refractivity contribution in [1.82, 2.24) is 0 Å². The van der Waals surface area contributed by atoms with Crippen molar-refractivity contribution in [2.75, 3.05) is 59.1 Å². The van der Waals surface area contributed by atoms with Crippen LogP contribution in [-0.4, -0.2) is 493 Å². The van der Waals surface area contributed by atoms with E-state index in [4.69, 9.17) is 177 Å². The molecule has 0 radical (unpaired) electrons. The molecular weight excluding hydrogens is 1680 g/mol. The monoisotopic (exact) mass is 1820 g/mol. The van der Waals surface area contributed by atoms with Gasteiger partial charge in [-0.1, -0.05) is 0 Å². The molecule has 53 nitrogen and oxygen atoms in total. The van der Waals surface area contributed by atoms with E-state index in [1.165, 1.54) is 0 Å². The largest absolute Gasteiger partial charge is 0.394 e. The van der Waals surface area contributed by atoms with Crippen LogP contribution in [0.5, 0.6) is 0 Å². The Bertz CT molecular complexity index is 3040. The molecule has 0 aromatic rings. The van der Waals surface area contributed by atoms with E-state index in [1.807, 2.05) is 0 Å². The smallest absolute Gasteiger partial charge is 0.187 e. The summed E-state index contributed by atoms with van der Waals surface area (Å²) in [6.45, 7) is -2.75. The van der Waals surface area contributed by atoms with Crippen molar-refractivity contribution in [1.29, 1.82) is 0 Å². The molecule has 12 fully saturated rings. The first-order valence-corrected chi connectivity index (χ1v) is 41.2. The van der Waals surface area contributed by atoms with E-state index in [0.717, 1.165) is 0 Å². The summed E-state index contributed by atoms with van der Waals surface area (Å²) in [6, 6.07) is -10.4. The fourth-order valence-corrected chi connectivity index (χ4v) is 17.0. The minimum atomic E-state index is -2.17. The predicted molar refractivity (Wildman–Crippen MR) is 406 cm³/mol. The summed E-state index contributed by atoms with van der Waals surface area (Å²) in [6.07, 6.45) is -60.4. The van der Waals surface area contributed by atoms with Crippen LogP contribution < -0.4 is 91.7 Å². The molecule has 0 unspecified atom stereocenters. The van der Waals surface area contributed by atoms with Crippen LogP contribution in [-0.2, 0) is 85.3 Å². The van der Waals surface area contributed by atoms with Gasteiger partial charge in [0, 0.05) is 75.5 Å². The van der Waals surface area contributed by atoms with Crippen molar-refractivity contribution in [2.45, 2.75) is 369 Å². The molecule has 726 valence electrons. The Balaban J connectivity index is 0.000000195. The van der Waals surface area contributed by atoms with Crippen molar-refractivity contribution in [2.24, 2.45) is 91.7 Å². The third-order valence-corrected chi connectivity index (χ3v) is 24.6. The van der Waals surface area contributed by atoms with Crippen LogP contribution in [0.3, 0.4) is 0 Å². The molecule has 55 heteroatoms. The van der Waals surface area contributed by atoms with E-state index in [9.17, 15) is 106 Å². The van der Waals surface area contributed by atoms with Crippen LogP contribution in [0.1, 0.15) is 32.1 Å². The molecule has 9 heterocycles. The molecule has 0 bridgehead atoms. The zero-order valence-corrected chi connectivity index (χ0v) is 67.5. The van der Waals surface area contributed by atoms with Crippen LogP contribution in [0.4, 0.5) is 8.78 Å². The van der Waals surface area contributed by atoms with Gasteiger partial charge >= 0.3 is 0 Å². The minimum Gasteiger partial charge on any atom is -0.394 e. The SMILES string of the molecule is NC[C@@H]1CC[C@@H](O)[C@@H](O[C@H]2[C@H](O[C@@H]3O[C@H](CO)[C@@H](O[C@H]4O[C@@H](CN)[C@@H](O)[C@H](O)[C@H]4N)[C@H]3O)[C@@H](O)[C@H](N)C[C@@H]2N)O1.NC[C@@H]1O[C@H](O[C@H]2[C@@H](O)[C@H](O[C@@H]3[C@@H](O)[C@H](N)C[C@H](N)[C@H]3O[C@H]3O[C@H](CN)[C@@H](O)[C@@H](F)[C@H]3N)O[C@@H]2CO)[C@H](N)[C@@H](O)[C@@H]1O.NC[C@@H]1O[C@H](O[C@H]2[C@@H](O)[C@H](O[C@@H]3[C@@H](O)[C@H](N)C[C@H](N)[C@H]3O[C@H]3O[C@H](CN)[C@@H](O)[C@H](F)[C@H]3O)O[C@@H]2CO)[C@H](N)[C@@H](O)[C@@H]1O. The highest BCUT2D eigenvalue weighted by molar-refractivity contribution is 5.07. The van der Waals surface area contributed by atoms with Gasteiger partial charge in [0.25, 0.3) is 0 Å². The average molecular weight is 1820 g/mol. The molecular formula is C69H134F2N16O37. The standard InChI is InChI=1S/C23H45FN6O12.C23H44FN5O13.C23H45N5O12/c24-10-11(29)21(37-7(2-25)14(10)33)40-18-6(28)1-5(27)13(32)20(18)42-23-17(36)19(9(4-31)39-23)41-22-12(30)16(35)15(34)8(3-26)38-22;24-10-13(32)7(2-25)38-22(15(10)34)40-18-6(28)1-5(27)12(31)20(18)42-23-17(36)19(9(4-30)39-23)41-21-11(29)16(35)14(33)8(3-26)37-21;24-4-7-1-2-10(30)21(35-7)38-18-9(27)3-8(26)14(31)20(18)40-23-17(34)19(12(6-29)37-23)39-22-13(28)16(33)15(32)11(5-25)36-22/h5-23,31-36H,1-4,25-30H2;5-23,30-36H,1-4,25-29H2;7-23,29-34H,1-6,24-28H2/t5-,6+,7-,8+,9-,10+,11-,12-,13+,14-,15-,16-,17-,18-,19-,20-,21-,22-,23+;5-,6+,7-,8+,9-,10+,11-,12+,13-,14-,15-,16-,17-,18-,19-,20-,21-,22-,23+;7-,8+,9-,10+,11-,12+,13+,14-,15+,16+,17+,18+,19+,20+,21+,22+,23-/m110/s1. The predicted octanol–water partition coefficient (Wildman–Crippen LogP) is -22.6. The van der Waals surface area contributed by atoms with E-state index >= 15 is 0 Å². The van der Waals surface area contributed by atoms with Gasteiger partial charge in [0.2, 0.25) is 0 Å². The van der Waals surface area contributed by atoms with Crippen LogP contribution in [0.2, 0.25) is 0 Å². The van der Waals surface area contributed by atoms with Gasteiger partial charge in [-0.15, -0.1) is 0 Å². The van der Waals surface area contributed by atoms with Gasteiger partial charge in [0.1, 0.15) is 189 Å². The Morgan fingerprint density at radius 3 is 0.782 bits per heavy atom. The second kappa shape index (κ2) is 45.6. The molecule has 9 aliphatic heterocycles. The Kier molecular flexibility index (Phi) is 38.2. The fourth-order valence-electron chi connectivity index (χ4n) is 17.0. The van der Waals surface area contributed by atoms with Gasteiger partial charge in [-0.05, 0) is 32.1 Å². The van der Waals surface area contributed by atoms with Crippen molar-refractivity contribution < 1.29 is 191 Å². The number of hydrogen-bond acceptors (Lipinski definition) is 53. The third kappa shape index (κ3) is 22.7. The molecule has 3 saturated carbocycles. The Morgan fingerprint density at radius 2 is 0.476 bits per heavy atom. The highest BCUT2D eigenvalue weighted by Crippen LogP contribution is 2.41. The molecule has 9 saturated heterocycles. The summed E-state index contributed by atoms with van der Waals surface area (Å²) in [5, 5.41) is 198. The summed E-state index contributed by atoms with van der Waals surface area (Å²) < 4.78 is 133. The van der Waals surface area contributed by atoms with Crippen molar-refractivity contribution in [3.8, 4) is 0 Å². The molecule has 0 aromatic carbocycles. The first-order chi connectivity index (χ1) is 58.7. The highest BCUT2D eigenvalue weighted by atomic mass is 19.1. The summed E-state index contributed by atoms with van der Waals surface area (Å²) in [5.74, 6) is 0. The lowest BCUT2D eigenvalue weighted by Gasteiger charge is -2.47. The topological polar surface area (TPSA) is 967 Å². The van der Waals surface area contributed by atoms with Crippen molar-refractivity contribution >= 4 is 0 Å². The maximum absolute atomic E-state index is 14.7. The zero-order chi connectivity index (χ0) is 91.4. The van der Waals surface area contributed by atoms with Gasteiger partial charge in [-0.2, -0.15) is 0 Å². The number of alkyl halides is 2. The Morgan fingerprint density at radius 1 is 0.226 bits per heavy atom. The zero-order valence-electron chi connectivity index (χ0n) is 67.5. The van der Waals surface area contributed by atoms with E-state index in [-0.39, 0.29) is 64.6 Å². The lowest BCUT2D eigenvalue weighted by atomic mass is 9.84. The first kappa shape index (κ1) is 104. The quantitative estimate of drug-likeness (QED) is 0.0363. The maximum atomic E-state index is 14.7.